The molecule has 1 N–H and O–H groups in total. The molecule has 0 spiro atoms. The monoisotopic (exact) mass is 465 g/mol. The molecule has 8 heteroatoms. The van der Waals surface area contributed by atoms with Crippen molar-refractivity contribution < 1.29 is 13.6 Å². The Morgan fingerprint density at radius 2 is 1.91 bits per heavy atom. The minimum atomic E-state index is -0.464. The molecule has 174 valence electrons. The molecule has 4 aromatic heterocycles. The molecule has 0 radical (unpaired) electrons. The van der Waals surface area contributed by atoms with Crippen molar-refractivity contribution in [2.24, 2.45) is 0 Å². The zero-order valence-electron chi connectivity index (χ0n) is 19.0. The van der Waals surface area contributed by atoms with Gasteiger partial charge in [0.05, 0.1) is 17.7 Å². The molecule has 1 amide bonds. The van der Waals surface area contributed by atoms with Crippen LogP contribution in [0, 0.1) is 0 Å². The van der Waals surface area contributed by atoms with Gasteiger partial charge in [0.2, 0.25) is 11.7 Å². The molecule has 1 atom stereocenters. The van der Waals surface area contributed by atoms with E-state index in [2.05, 4.69) is 15.0 Å². The summed E-state index contributed by atoms with van der Waals surface area (Å²) in [5.41, 5.74) is 3.97. The number of furan rings is 1. The molecule has 8 nitrogen and oxygen atoms in total. The SMILES string of the molecule is O=C(c1oc(-c2ccccn2)nc1C1CC1)N1CCCc2[nH]cnc2[C@H]1c1cc2ccccc2o1. The molecule has 7 rings (SSSR count). The molecule has 1 saturated carbocycles. The summed E-state index contributed by atoms with van der Waals surface area (Å²) in [6.45, 7) is 0.550. The van der Waals surface area contributed by atoms with Crippen LogP contribution < -0.4 is 0 Å². The summed E-state index contributed by atoms with van der Waals surface area (Å²) in [4.78, 5) is 33.0. The van der Waals surface area contributed by atoms with Crippen LogP contribution in [-0.2, 0) is 6.42 Å². The summed E-state index contributed by atoms with van der Waals surface area (Å²) >= 11 is 0. The van der Waals surface area contributed by atoms with Gasteiger partial charge in [-0.1, -0.05) is 24.3 Å². The third-order valence-corrected chi connectivity index (χ3v) is 6.82. The number of fused-ring (bicyclic) bond motifs is 2. The fraction of sp³-hybridized carbons (Fsp3) is 0.259. The quantitative estimate of drug-likeness (QED) is 0.388. The van der Waals surface area contributed by atoms with Gasteiger partial charge in [-0.25, -0.2) is 9.97 Å². The van der Waals surface area contributed by atoms with E-state index in [1.54, 1.807) is 12.5 Å². The van der Waals surface area contributed by atoms with Crippen molar-refractivity contribution in [3.63, 3.8) is 0 Å². The van der Waals surface area contributed by atoms with Crippen LogP contribution in [0.5, 0.6) is 0 Å². The molecule has 2 aliphatic rings. The summed E-state index contributed by atoms with van der Waals surface area (Å²) in [6.07, 6.45) is 7.01. The van der Waals surface area contributed by atoms with E-state index in [-0.39, 0.29) is 11.8 Å². The van der Waals surface area contributed by atoms with Crippen molar-refractivity contribution in [2.75, 3.05) is 6.54 Å². The van der Waals surface area contributed by atoms with Crippen LogP contribution in [0.25, 0.3) is 22.6 Å². The number of H-pyrrole nitrogens is 1. The number of imidazole rings is 1. The number of carbonyl (C=O) groups is 1. The van der Waals surface area contributed by atoms with Crippen LogP contribution >= 0.6 is 0 Å². The van der Waals surface area contributed by atoms with E-state index in [9.17, 15) is 4.79 Å². The van der Waals surface area contributed by atoms with Crippen molar-refractivity contribution in [1.82, 2.24) is 24.8 Å². The number of nitrogens with zero attached hydrogens (tertiary/aromatic N) is 4. The molecular weight excluding hydrogens is 442 g/mol. The molecule has 1 aliphatic carbocycles. The minimum absolute atomic E-state index is 0.192. The number of nitrogens with one attached hydrogen (secondary N) is 1. The maximum atomic E-state index is 14.2. The molecule has 5 aromatic rings. The Hall–Kier alpha value is -4.20. The first-order chi connectivity index (χ1) is 17.3. The normalized spacial score (nSPS) is 17.9. The maximum absolute atomic E-state index is 14.2. The molecule has 35 heavy (non-hydrogen) atoms. The Morgan fingerprint density at radius 1 is 1.03 bits per heavy atom. The lowest BCUT2D eigenvalue weighted by atomic mass is 10.1. The van der Waals surface area contributed by atoms with Crippen LogP contribution in [0.2, 0.25) is 0 Å². The molecule has 1 aromatic carbocycles. The summed E-state index contributed by atoms with van der Waals surface area (Å²) in [5, 5.41) is 0.993. The molecular formula is C27H23N5O3. The van der Waals surface area contributed by atoms with E-state index in [1.165, 1.54) is 0 Å². The number of aryl methyl sites for hydroxylation is 1. The number of pyridine rings is 1. The van der Waals surface area contributed by atoms with Gasteiger partial charge < -0.3 is 18.7 Å². The highest BCUT2D eigenvalue weighted by Gasteiger charge is 2.40. The van der Waals surface area contributed by atoms with Crippen molar-refractivity contribution in [1.29, 1.82) is 0 Å². The van der Waals surface area contributed by atoms with E-state index in [0.717, 1.165) is 53.7 Å². The van der Waals surface area contributed by atoms with Crippen molar-refractivity contribution in [2.45, 2.75) is 37.6 Å². The summed E-state index contributed by atoms with van der Waals surface area (Å²) in [6, 6.07) is 15.0. The highest BCUT2D eigenvalue weighted by molar-refractivity contribution is 5.94. The standard InChI is InChI=1S/C27H23N5O3/c33-27(25-22(16-10-11-16)31-26(35-25)19-7-3-4-12-28-19)32-13-5-8-18-23(30-15-29-18)24(32)21-14-17-6-1-2-9-20(17)34-21/h1-4,6-7,9,12,14-16,24H,5,8,10-11,13H2,(H,29,30)/t24-/m1/s1. The summed E-state index contributed by atoms with van der Waals surface area (Å²) < 4.78 is 12.4. The summed E-state index contributed by atoms with van der Waals surface area (Å²) in [5.74, 6) is 1.42. The fourth-order valence-corrected chi connectivity index (χ4v) is 4.96. The summed E-state index contributed by atoms with van der Waals surface area (Å²) in [7, 11) is 0. The average molecular weight is 466 g/mol. The minimum Gasteiger partial charge on any atom is -0.458 e. The van der Waals surface area contributed by atoms with E-state index >= 15 is 0 Å². The second-order valence-electron chi connectivity index (χ2n) is 9.18. The van der Waals surface area contributed by atoms with Gasteiger partial charge in [-0.3, -0.25) is 9.78 Å². The Morgan fingerprint density at radius 3 is 2.74 bits per heavy atom. The predicted octanol–water partition coefficient (Wildman–Crippen LogP) is 5.26. The van der Waals surface area contributed by atoms with E-state index in [4.69, 9.17) is 13.8 Å². The predicted molar refractivity (Wildman–Crippen MR) is 128 cm³/mol. The second-order valence-corrected chi connectivity index (χ2v) is 9.18. The first-order valence-electron chi connectivity index (χ1n) is 12.0. The third-order valence-electron chi connectivity index (χ3n) is 6.82. The van der Waals surface area contributed by atoms with Gasteiger partial charge in [0.1, 0.15) is 23.1 Å². The molecule has 5 heterocycles. The van der Waals surface area contributed by atoms with E-state index in [1.807, 2.05) is 53.4 Å². The molecule has 1 fully saturated rings. The van der Waals surface area contributed by atoms with Crippen LogP contribution in [0.1, 0.15) is 64.6 Å². The lowest BCUT2D eigenvalue weighted by Gasteiger charge is -2.27. The van der Waals surface area contributed by atoms with E-state index in [0.29, 0.717) is 29.6 Å². The number of hydrogen-bond donors (Lipinski definition) is 1. The topological polar surface area (TPSA) is 101 Å². The number of aromatic amines is 1. The van der Waals surface area contributed by atoms with Crippen molar-refractivity contribution >= 4 is 16.9 Å². The first-order valence-corrected chi connectivity index (χ1v) is 12.0. The Labute approximate surface area is 201 Å². The Bertz CT molecular complexity index is 1500. The van der Waals surface area contributed by atoms with Gasteiger partial charge in [0.15, 0.2) is 0 Å². The Balaban J connectivity index is 1.35. The molecule has 0 bridgehead atoms. The lowest BCUT2D eigenvalue weighted by molar-refractivity contribution is 0.0658. The van der Waals surface area contributed by atoms with Crippen molar-refractivity contribution in [3.8, 4) is 11.6 Å². The van der Waals surface area contributed by atoms with Crippen LogP contribution in [0.15, 0.2) is 69.9 Å². The lowest BCUT2D eigenvalue weighted by Crippen LogP contribution is -2.36. The number of aromatic nitrogens is 4. The number of benzene rings is 1. The third kappa shape index (κ3) is 3.44. The van der Waals surface area contributed by atoms with Crippen LogP contribution in [0.4, 0.5) is 0 Å². The number of carbonyl (C=O) groups excluding carboxylic acids is 1. The highest BCUT2D eigenvalue weighted by atomic mass is 16.4. The number of rotatable bonds is 4. The van der Waals surface area contributed by atoms with Gasteiger partial charge in [-0.05, 0) is 49.9 Å². The highest BCUT2D eigenvalue weighted by Crippen LogP contribution is 2.44. The van der Waals surface area contributed by atoms with Crippen molar-refractivity contribution in [3.05, 3.63) is 89.7 Å². The van der Waals surface area contributed by atoms with Gasteiger partial charge in [0, 0.05) is 29.7 Å². The number of oxazole rings is 1. The van der Waals surface area contributed by atoms with Crippen LogP contribution in [0.3, 0.4) is 0 Å². The largest absolute Gasteiger partial charge is 0.458 e. The number of hydrogen-bond acceptors (Lipinski definition) is 6. The van der Waals surface area contributed by atoms with Crippen LogP contribution in [-0.4, -0.2) is 37.3 Å². The van der Waals surface area contributed by atoms with E-state index < -0.39 is 6.04 Å². The number of amides is 1. The van der Waals surface area contributed by atoms with Gasteiger partial charge >= 0.3 is 0 Å². The van der Waals surface area contributed by atoms with Gasteiger partial charge in [0.25, 0.3) is 5.91 Å². The molecule has 1 aliphatic heterocycles. The average Bonchev–Trinajstić information content (AvgIpc) is 3.32. The zero-order valence-corrected chi connectivity index (χ0v) is 19.0. The number of para-hydroxylation sites is 1. The van der Waals surface area contributed by atoms with Gasteiger partial charge in [-0.2, -0.15) is 0 Å². The second kappa shape index (κ2) is 7.94. The maximum Gasteiger partial charge on any atom is 0.292 e. The molecule has 0 saturated heterocycles. The van der Waals surface area contributed by atoms with Gasteiger partial charge in [-0.15, -0.1) is 0 Å². The zero-order chi connectivity index (χ0) is 23.4. The first kappa shape index (κ1) is 20.2. The molecule has 0 unspecified atom stereocenters. The fourth-order valence-electron chi connectivity index (χ4n) is 4.96. The Kier molecular flexibility index (Phi) is 4.58. The smallest absolute Gasteiger partial charge is 0.292 e.